The molecule has 0 saturated heterocycles. The Morgan fingerprint density at radius 3 is 2.77 bits per heavy atom. The fourth-order valence-electron chi connectivity index (χ4n) is 3.35. The summed E-state index contributed by atoms with van der Waals surface area (Å²) in [6.07, 6.45) is 2.87. The largest absolute Gasteiger partial charge is 0.454 e. The van der Waals surface area contributed by atoms with Crippen LogP contribution in [0.5, 0.6) is 11.5 Å². The number of carbonyl (C=O) groups excluding carboxylic acids is 2. The van der Waals surface area contributed by atoms with Crippen LogP contribution in [0.4, 0.5) is 0 Å². The van der Waals surface area contributed by atoms with Crippen molar-refractivity contribution in [2.75, 3.05) is 13.4 Å². The van der Waals surface area contributed by atoms with Crippen molar-refractivity contribution >= 4 is 28.7 Å². The van der Waals surface area contributed by atoms with Crippen LogP contribution in [-0.2, 0) is 14.3 Å². The maximum Gasteiger partial charge on any atom is 0.331 e. The zero-order valence-corrected chi connectivity index (χ0v) is 16.5. The smallest absolute Gasteiger partial charge is 0.331 e. The highest BCUT2D eigenvalue weighted by molar-refractivity contribution is 5.90. The molecular weight excluding hydrogens is 382 g/mol. The fraction of sp³-hybridized carbons (Fsp3) is 0.167. The summed E-state index contributed by atoms with van der Waals surface area (Å²) in [6, 6.07) is 19.1. The average molecular weight is 403 g/mol. The standard InChI is InChI=1S/C24H21NO5/c1-16(19-8-4-6-18-5-2-3-7-20(18)19)25-23(26)14-28-24(27)12-10-17-9-11-21-22(13-17)30-15-29-21/h2-13,16H,14-15H2,1H3,(H,25,26)/b12-10+/t16-/m0/s1. The van der Waals surface area contributed by atoms with Gasteiger partial charge in [-0.15, -0.1) is 0 Å². The molecule has 30 heavy (non-hydrogen) atoms. The molecular formula is C24H21NO5. The number of ether oxygens (including phenoxy) is 3. The predicted molar refractivity (Wildman–Crippen MR) is 113 cm³/mol. The molecule has 0 spiro atoms. The molecule has 6 nitrogen and oxygen atoms in total. The molecule has 3 aromatic carbocycles. The van der Waals surface area contributed by atoms with Crippen molar-refractivity contribution in [3.05, 3.63) is 77.9 Å². The lowest BCUT2D eigenvalue weighted by Gasteiger charge is -2.16. The zero-order valence-electron chi connectivity index (χ0n) is 16.5. The van der Waals surface area contributed by atoms with Gasteiger partial charge in [-0.3, -0.25) is 4.79 Å². The number of hydrogen-bond donors (Lipinski definition) is 1. The summed E-state index contributed by atoms with van der Waals surface area (Å²) in [5.74, 6) is 0.347. The third kappa shape index (κ3) is 4.43. The van der Waals surface area contributed by atoms with E-state index in [1.807, 2.05) is 49.4 Å². The Morgan fingerprint density at radius 1 is 1.07 bits per heavy atom. The molecule has 0 aromatic heterocycles. The number of nitrogens with one attached hydrogen (secondary N) is 1. The monoisotopic (exact) mass is 403 g/mol. The molecule has 1 aliphatic rings. The number of fused-ring (bicyclic) bond motifs is 2. The van der Waals surface area contributed by atoms with Gasteiger partial charge in [0.2, 0.25) is 6.79 Å². The van der Waals surface area contributed by atoms with Gasteiger partial charge in [-0.1, -0.05) is 48.5 Å². The summed E-state index contributed by atoms with van der Waals surface area (Å²) in [4.78, 5) is 24.2. The molecule has 1 heterocycles. The topological polar surface area (TPSA) is 73.9 Å². The maximum atomic E-state index is 12.2. The fourth-order valence-corrected chi connectivity index (χ4v) is 3.35. The normalized spacial score (nSPS) is 13.4. The van der Waals surface area contributed by atoms with Crippen LogP contribution in [0, 0.1) is 0 Å². The van der Waals surface area contributed by atoms with E-state index in [4.69, 9.17) is 14.2 Å². The molecule has 0 unspecified atom stereocenters. The molecule has 1 atom stereocenters. The van der Waals surface area contributed by atoms with Gasteiger partial charge in [-0.2, -0.15) is 0 Å². The van der Waals surface area contributed by atoms with E-state index in [-0.39, 0.29) is 25.3 Å². The van der Waals surface area contributed by atoms with E-state index >= 15 is 0 Å². The Morgan fingerprint density at radius 2 is 1.87 bits per heavy atom. The second-order valence-corrected chi connectivity index (χ2v) is 6.91. The Kier molecular flexibility index (Phi) is 5.66. The molecule has 1 N–H and O–H groups in total. The van der Waals surface area contributed by atoms with Gasteiger partial charge in [0.05, 0.1) is 6.04 Å². The first-order valence-electron chi connectivity index (χ1n) is 9.61. The SMILES string of the molecule is C[C@H](NC(=O)COC(=O)/C=C/c1ccc2c(c1)OCO2)c1cccc2ccccc12. The highest BCUT2D eigenvalue weighted by Crippen LogP contribution is 2.32. The molecule has 6 heteroatoms. The lowest BCUT2D eigenvalue weighted by molar-refractivity contribution is -0.144. The number of amides is 1. The van der Waals surface area contributed by atoms with E-state index in [1.165, 1.54) is 6.08 Å². The van der Waals surface area contributed by atoms with Crippen LogP contribution in [0.3, 0.4) is 0 Å². The van der Waals surface area contributed by atoms with E-state index in [9.17, 15) is 9.59 Å². The summed E-state index contributed by atoms with van der Waals surface area (Å²) in [7, 11) is 0. The van der Waals surface area contributed by atoms with Crippen molar-refractivity contribution in [1.29, 1.82) is 0 Å². The average Bonchev–Trinajstić information content (AvgIpc) is 3.23. The van der Waals surface area contributed by atoms with Gasteiger partial charge in [0.1, 0.15) is 0 Å². The van der Waals surface area contributed by atoms with Crippen LogP contribution in [0.25, 0.3) is 16.8 Å². The van der Waals surface area contributed by atoms with Crippen LogP contribution in [0.2, 0.25) is 0 Å². The Hall–Kier alpha value is -3.80. The first-order valence-corrected chi connectivity index (χ1v) is 9.61. The molecule has 0 radical (unpaired) electrons. The summed E-state index contributed by atoms with van der Waals surface area (Å²) in [5.41, 5.74) is 1.78. The first kappa shape index (κ1) is 19.5. The van der Waals surface area contributed by atoms with Crippen LogP contribution in [0.15, 0.2) is 66.7 Å². The van der Waals surface area contributed by atoms with Crippen molar-refractivity contribution in [2.24, 2.45) is 0 Å². The van der Waals surface area contributed by atoms with Crippen molar-refractivity contribution in [3.8, 4) is 11.5 Å². The molecule has 0 saturated carbocycles. The minimum atomic E-state index is -0.597. The van der Waals surface area contributed by atoms with E-state index in [0.29, 0.717) is 11.5 Å². The van der Waals surface area contributed by atoms with Crippen LogP contribution in [0.1, 0.15) is 24.1 Å². The van der Waals surface area contributed by atoms with Gasteiger partial charge in [0, 0.05) is 6.08 Å². The number of esters is 1. The number of benzene rings is 3. The Bertz CT molecular complexity index is 1120. The predicted octanol–water partition coefficient (Wildman–Crippen LogP) is 4.00. The zero-order chi connectivity index (χ0) is 20.9. The highest BCUT2D eigenvalue weighted by atomic mass is 16.7. The molecule has 4 rings (SSSR count). The Labute approximate surface area is 174 Å². The van der Waals surface area contributed by atoms with E-state index < -0.39 is 5.97 Å². The Balaban J connectivity index is 1.30. The second-order valence-electron chi connectivity index (χ2n) is 6.91. The molecule has 152 valence electrons. The molecule has 0 aliphatic carbocycles. The third-order valence-corrected chi connectivity index (χ3v) is 4.82. The molecule has 3 aromatic rings. The molecule has 1 aliphatic heterocycles. The van der Waals surface area contributed by atoms with Crippen LogP contribution >= 0.6 is 0 Å². The van der Waals surface area contributed by atoms with Gasteiger partial charge in [0.25, 0.3) is 5.91 Å². The third-order valence-electron chi connectivity index (χ3n) is 4.82. The minimum Gasteiger partial charge on any atom is -0.454 e. The molecule has 1 amide bonds. The van der Waals surface area contributed by atoms with Gasteiger partial charge in [0.15, 0.2) is 18.1 Å². The minimum absolute atomic E-state index is 0.191. The lowest BCUT2D eigenvalue weighted by atomic mass is 10.00. The molecule has 0 bridgehead atoms. The van der Waals surface area contributed by atoms with Gasteiger partial charge < -0.3 is 19.5 Å². The van der Waals surface area contributed by atoms with E-state index in [2.05, 4.69) is 5.32 Å². The highest BCUT2D eigenvalue weighted by Gasteiger charge is 2.14. The van der Waals surface area contributed by atoms with Crippen LogP contribution in [-0.4, -0.2) is 25.3 Å². The molecule has 0 fully saturated rings. The van der Waals surface area contributed by atoms with Crippen molar-refractivity contribution in [2.45, 2.75) is 13.0 Å². The van der Waals surface area contributed by atoms with Gasteiger partial charge in [-0.25, -0.2) is 4.79 Å². The van der Waals surface area contributed by atoms with Crippen molar-refractivity contribution < 1.29 is 23.8 Å². The summed E-state index contributed by atoms with van der Waals surface area (Å²) in [5, 5.41) is 5.06. The van der Waals surface area contributed by atoms with E-state index in [1.54, 1.807) is 24.3 Å². The van der Waals surface area contributed by atoms with Crippen molar-refractivity contribution in [3.63, 3.8) is 0 Å². The quantitative estimate of drug-likeness (QED) is 0.497. The van der Waals surface area contributed by atoms with Crippen LogP contribution < -0.4 is 14.8 Å². The summed E-state index contributed by atoms with van der Waals surface area (Å²) < 4.78 is 15.6. The summed E-state index contributed by atoms with van der Waals surface area (Å²) >= 11 is 0. The lowest BCUT2D eigenvalue weighted by Crippen LogP contribution is -2.31. The summed E-state index contributed by atoms with van der Waals surface area (Å²) in [6.45, 7) is 1.75. The number of hydrogen-bond acceptors (Lipinski definition) is 5. The van der Waals surface area contributed by atoms with Gasteiger partial charge >= 0.3 is 5.97 Å². The van der Waals surface area contributed by atoms with E-state index in [0.717, 1.165) is 21.9 Å². The number of rotatable bonds is 6. The van der Waals surface area contributed by atoms with Gasteiger partial charge in [-0.05, 0) is 47.0 Å². The number of carbonyl (C=O) groups is 2. The maximum absolute atomic E-state index is 12.2. The second kappa shape index (κ2) is 8.69. The first-order chi connectivity index (χ1) is 14.6. The van der Waals surface area contributed by atoms with Crippen molar-refractivity contribution in [1.82, 2.24) is 5.32 Å².